The number of carbonyl (C=O) groups excluding carboxylic acids is 1. The van der Waals surface area contributed by atoms with Gasteiger partial charge in [-0.15, -0.1) is 11.3 Å². The van der Waals surface area contributed by atoms with Crippen molar-refractivity contribution < 1.29 is 4.79 Å². The second-order valence-corrected chi connectivity index (χ2v) is 4.23. The molecule has 4 heteroatoms. The topological polar surface area (TPSA) is 30.0 Å². The number of hydrogen-bond acceptors (Lipinski definition) is 4. The molecular weight excluding hydrogens is 178 g/mol. The molecule has 0 aliphatic heterocycles. The van der Waals surface area contributed by atoms with Crippen molar-refractivity contribution in [1.29, 1.82) is 0 Å². The van der Waals surface area contributed by atoms with Crippen molar-refractivity contribution in [1.82, 2.24) is 4.98 Å². The van der Waals surface area contributed by atoms with Crippen molar-refractivity contribution in [3.05, 3.63) is 16.1 Å². The SMILES string of the molecule is CC(=O)SCc1scnc1C. The minimum Gasteiger partial charge on any atom is -0.288 e. The summed E-state index contributed by atoms with van der Waals surface area (Å²) < 4.78 is 0. The van der Waals surface area contributed by atoms with Gasteiger partial charge >= 0.3 is 0 Å². The average molecular weight is 187 g/mol. The molecule has 1 rings (SSSR count). The molecule has 0 amide bonds. The molecule has 0 aliphatic carbocycles. The highest BCUT2D eigenvalue weighted by atomic mass is 32.2. The van der Waals surface area contributed by atoms with Gasteiger partial charge in [0.1, 0.15) is 0 Å². The maximum Gasteiger partial charge on any atom is 0.186 e. The molecule has 0 saturated carbocycles. The van der Waals surface area contributed by atoms with Crippen LogP contribution in [-0.4, -0.2) is 10.1 Å². The van der Waals surface area contributed by atoms with Gasteiger partial charge < -0.3 is 0 Å². The van der Waals surface area contributed by atoms with Gasteiger partial charge in [0.2, 0.25) is 0 Å². The molecule has 0 atom stereocenters. The van der Waals surface area contributed by atoms with Crippen LogP contribution in [0.3, 0.4) is 0 Å². The first-order chi connectivity index (χ1) is 5.20. The molecule has 0 radical (unpaired) electrons. The number of rotatable bonds is 2. The van der Waals surface area contributed by atoms with Crippen LogP contribution in [0.1, 0.15) is 17.5 Å². The smallest absolute Gasteiger partial charge is 0.186 e. The second-order valence-electron chi connectivity index (χ2n) is 2.14. The zero-order valence-electron chi connectivity index (χ0n) is 6.46. The molecule has 60 valence electrons. The lowest BCUT2D eigenvalue weighted by Crippen LogP contribution is -1.84. The van der Waals surface area contributed by atoms with Crippen LogP contribution in [0.4, 0.5) is 0 Å². The zero-order chi connectivity index (χ0) is 8.27. The van der Waals surface area contributed by atoms with Crippen LogP contribution in [0, 0.1) is 6.92 Å². The van der Waals surface area contributed by atoms with E-state index in [4.69, 9.17) is 0 Å². The standard InChI is InChI=1S/C7H9NOS2/c1-5-7(11-4-8-5)3-10-6(2)9/h4H,3H2,1-2H3. The van der Waals surface area contributed by atoms with E-state index in [0.29, 0.717) is 0 Å². The molecule has 0 spiro atoms. The van der Waals surface area contributed by atoms with Crippen molar-refractivity contribution in [3.63, 3.8) is 0 Å². The largest absolute Gasteiger partial charge is 0.288 e. The van der Waals surface area contributed by atoms with Crippen LogP contribution in [-0.2, 0) is 10.5 Å². The van der Waals surface area contributed by atoms with Crippen LogP contribution in [0.5, 0.6) is 0 Å². The van der Waals surface area contributed by atoms with Crippen LogP contribution in [0.25, 0.3) is 0 Å². The van der Waals surface area contributed by atoms with E-state index in [1.807, 2.05) is 12.4 Å². The van der Waals surface area contributed by atoms with E-state index in [0.717, 1.165) is 11.4 Å². The summed E-state index contributed by atoms with van der Waals surface area (Å²) in [7, 11) is 0. The normalized spacial score (nSPS) is 10.0. The van der Waals surface area contributed by atoms with Gasteiger partial charge in [0, 0.05) is 17.6 Å². The van der Waals surface area contributed by atoms with Gasteiger partial charge in [-0.3, -0.25) is 4.79 Å². The van der Waals surface area contributed by atoms with E-state index in [9.17, 15) is 4.79 Å². The molecule has 0 N–H and O–H groups in total. The summed E-state index contributed by atoms with van der Waals surface area (Å²) in [4.78, 5) is 15.9. The second kappa shape index (κ2) is 3.88. The summed E-state index contributed by atoms with van der Waals surface area (Å²) >= 11 is 2.94. The van der Waals surface area contributed by atoms with Gasteiger partial charge in [-0.2, -0.15) is 0 Å². The number of aryl methyl sites for hydroxylation is 1. The Bertz CT molecular complexity index is 257. The zero-order valence-corrected chi connectivity index (χ0v) is 8.09. The van der Waals surface area contributed by atoms with Crippen molar-refractivity contribution in [2.75, 3.05) is 0 Å². The van der Waals surface area contributed by atoms with E-state index < -0.39 is 0 Å². The Balaban J connectivity index is 2.51. The number of thioether (sulfide) groups is 1. The Kier molecular flexibility index (Phi) is 3.08. The Labute approximate surface area is 74.0 Å². The van der Waals surface area contributed by atoms with E-state index in [-0.39, 0.29) is 5.12 Å². The molecule has 11 heavy (non-hydrogen) atoms. The van der Waals surface area contributed by atoms with Crippen molar-refractivity contribution >= 4 is 28.2 Å². The Morgan fingerprint density at radius 1 is 1.82 bits per heavy atom. The predicted octanol–water partition coefficient (Wildman–Crippen LogP) is 2.23. The molecule has 0 unspecified atom stereocenters. The lowest BCUT2D eigenvalue weighted by atomic mass is 10.4. The fourth-order valence-electron chi connectivity index (χ4n) is 0.632. The molecule has 1 aromatic rings. The summed E-state index contributed by atoms with van der Waals surface area (Å²) in [5.74, 6) is 0.770. The molecule has 2 nitrogen and oxygen atoms in total. The van der Waals surface area contributed by atoms with Crippen molar-refractivity contribution in [3.8, 4) is 0 Å². The van der Waals surface area contributed by atoms with Crippen LogP contribution in [0.15, 0.2) is 5.51 Å². The number of aromatic nitrogens is 1. The molecule has 1 heterocycles. The predicted molar refractivity (Wildman–Crippen MR) is 48.8 cm³/mol. The fraction of sp³-hybridized carbons (Fsp3) is 0.429. The first-order valence-corrected chi connectivity index (χ1v) is 5.09. The molecule has 0 aromatic carbocycles. The Morgan fingerprint density at radius 2 is 2.55 bits per heavy atom. The Morgan fingerprint density at radius 3 is 3.00 bits per heavy atom. The minimum atomic E-state index is 0.165. The van der Waals surface area contributed by atoms with Crippen molar-refractivity contribution in [2.45, 2.75) is 19.6 Å². The highest BCUT2D eigenvalue weighted by molar-refractivity contribution is 8.12. The highest BCUT2D eigenvalue weighted by Crippen LogP contribution is 2.19. The minimum absolute atomic E-state index is 0.165. The molecule has 0 bridgehead atoms. The monoisotopic (exact) mass is 187 g/mol. The number of hydrogen-bond donors (Lipinski definition) is 0. The molecular formula is C7H9NOS2. The van der Waals surface area contributed by atoms with E-state index in [1.165, 1.54) is 16.6 Å². The summed E-state index contributed by atoms with van der Waals surface area (Å²) in [5, 5.41) is 0.165. The van der Waals surface area contributed by atoms with Crippen LogP contribution >= 0.6 is 23.1 Å². The fourth-order valence-corrected chi connectivity index (χ4v) is 2.19. The lowest BCUT2D eigenvalue weighted by Gasteiger charge is -1.93. The number of nitrogens with zero attached hydrogens (tertiary/aromatic N) is 1. The highest BCUT2D eigenvalue weighted by Gasteiger charge is 2.02. The first-order valence-electron chi connectivity index (χ1n) is 3.22. The van der Waals surface area contributed by atoms with E-state index in [2.05, 4.69) is 4.98 Å². The quantitative estimate of drug-likeness (QED) is 0.711. The third-order valence-electron chi connectivity index (χ3n) is 1.25. The van der Waals surface area contributed by atoms with Gasteiger partial charge in [-0.1, -0.05) is 11.8 Å². The van der Waals surface area contributed by atoms with E-state index >= 15 is 0 Å². The van der Waals surface area contributed by atoms with E-state index in [1.54, 1.807) is 18.3 Å². The molecule has 0 saturated heterocycles. The number of thiazole rings is 1. The van der Waals surface area contributed by atoms with Crippen LogP contribution < -0.4 is 0 Å². The number of carbonyl (C=O) groups is 1. The van der Waals surface area contributed by atoms with Gasteiger partial charge in [-0.05, 0) is 6.92 Å². The van der Waals surface area contributed by atoms with Crippen molar-refractivity contribution in [2.24, 2.45) is 0 Å². The third kappa shape index (κ3) is 2.63. The Hall–Kier alpha value is -0.350. The summed E-state index contributed by atoms with van der Waals surface area (Å²) in [6.07, 6.45) is 0. The summed E-state index contributed by atoms with van der Waals surface area (Å²) in [5.41, 5.74) is 2.86. The first kappa shape index (κ1) is 8.74. The van der Waals surface area contributed by atoms with Gasteiger partial charge in [0.15, 0.2) is 5.12 Å². The molecule has 1 aromatic heterocycles. The maximum absolute atomic E-state index is 10.6. The summed E-state index contributed by atoms with van der Waals surface area (Å²) in [6.45, 7) is 3.55. The van der Waals surface area contributed by atoms with Gasteiger partial charge in [0.25, 0.3) is 0 Å². The van der Waals surface area contributed by atoms with Gasteiger partial charge in [-0.25, -0.2) is 4.98 Å². The summed E-state index contributed by atoms with van der Waals surface area (Å²) in [6, 6.07) is 0. The average Bonchev–Trinajstić information content (AvgIpc) is 2.31. The molecule has 0 aliphatic rings. The van der Waals surface area contributed by atoms with Gasteiger partial charge in [0.05, 0.1) is 11.2 Å². The maximum atomic E-state index is 10.6. The van der Waals surface area contributed by atoms with Crippen LogP contribution in [0.2, 0.25) is 0 Å². The third-order valence-corrected chi connectivity index (χ3v) is 3.21. The lowest BCUT2D eigenvalue weighted by molar-refractivity contribution is -0.109. The molecule has 0 fully saturated rings.